The summed E-state index contributed by atoms with van der Waals surface area (Å²) < 4.78 is 23.5. The van der Waals surface area contributed by atoms with Crippen molar-refractivity contribution in [2.24, 2.45) is 0 Å². The molecule has 1 aromatic carbocycles. The molecule has 3 heterocycles. The van der Waals surface area contributed by atoms with Crippen LogP contribution >= 0.6 is 0 Å². The minimum absolute atomic E-state index is 0. The molecule has 3 aliphatic rings. The highest BCUT2D eigenvalue weighted by Gasteiger charge is 2.39. The summed E-state index contributed by atoms with van der Waals surface area (Å²) in [6.45, 7) is 4.62. The number of fused-ring (bicyclic) bond motifs is 1. The summed E-state index contributed by atoms with van der Waals surface area (Å²) in [6.07, 6.45) is 5.37. The van der Waals surface area contributed by atoms with E-state index in [9.17, 15) is 8.42 Å². The van der Waals surface area contributed by atoms with Crippen molar-refractivity contribution in [2.45, 2.75) is 56.4 Å². The number of hydrogen-bond donors (Lipinski definition) is 1. The fourth-order valence-electron chi connectivity index (χ4n) is 5.02. The van der Waals surface area contributed by atoms with Crippen LogP contribution in [0.2, 0.25) is 0 Å². The predicted molar refractivity (Wildman–Crippen MR) is 105 cm³/mol. The van der Waals surface area contributed by atoms with Crippen molar-refractivity contribution < 1.29 is 9.84 Å². The molecule has 0 saturated carbocycles. The third kappa shape index (κ3) is 3.33. The Hall–Kier alpha value is -1.07. The number of benzene rings is 1. The molecule has 1 N–H and O–H groups in total. The third-order valence-electron chi connectivity index (χ3n) is 6.75. The number of nitrogens with one attached hydrogen (secondary N) is 1. The lowest BCUT2D eigenvalue weighted by Gasteiger charge is -2.31. The van der Waals surface area contributed by atoms with E-state index in [0.717, 1.165) is 19.4 Å². The van der Waals surface area contributed by atoms with E-state index in [2.05, 4.69) is 42.4 Å². The van der Waals surface area contributed by atoms with Gasteiger partial charge < -0.3 is 10.2 Å². The normalized spacial score (nSPS) is 32.5. The highest BCUT2D eigenvalue weighted by atomic mass is 32.2. The average Bonchev–Trinajstić information content (AvgIpc) is 3.12. The molecule has 1 unspecified atom stereocenters. The van der Waals surface area contributed by atoms with E-state index in [-0.39, 0.29) is 6.84 Å². The number of rotatable bonds is 3. The van der Waals surface area contributed by atoms with Crippen molar-refractivity contribution in [2.75, 3.05) is 37.0 Å². The van der Waals surface area contributed by atoms with Crippen LogP contribution in [0.3, 0.4) is 0 Å². The van der Waals surface area contributed by atoms with Gasteiger partial charge in [-0.15, -0.1) is 0 Å². The number of sulfone groups is 1. The van der Waals surface area contributed by atoms with Gasteiger partial charge >= 0.3 is 0 Å². The van der Waals surface area contributed by atoms with Gasteiger partial charge in [-0.2, -0.15) is 0 Å². The lowest BCUT2D eigenvalue weighted by Crippen LogP contribution is -2.35. The standard InChI is InChI=1S/C20H30N2O2S.H2/c1-20(13-17-4-3-9-22(17)2)14-21-19-6-5-16(12-18(19)20)15-7-10-25(23,24)11-8-15;/h5-6,12,15,17,21H,3-4,7-11,13-14H2,1-2H3;1H/t17-,20?;/m1./s1. The SMILES string of the molecule is CN1CCC[C@@H]1CC1(C)CNc2ccc(C3CCS(=O)(=O)CC3)cc21.[HH]. The molecule has 3 aliphatic heterocycles. The number of likely N-dealkylation sites (tertiary alicyclic amines) is 1. The molecule has 4 rings (SSSR count). The minimum atomic E-state index is -2.80. The Balaban J connectivity index is 0.00000196. The van der Waals surface area contributed by atoms with Gasteiger partial charge in [-0.25, -0.2) is 8.42 Å². The molecule has 2 fully saturated rings. The fourth-order valence-corrected chi connectivity index (χ4v) is 6.51. The van der Waals surface area contributed by atoms with Crippen LogP contribution < -0.4 is 5.32 Å². The average molecular weight is 365 g/mol. The highest BCUT2D eigenvalue weighted by Crippen LogP contribution is 2.43. The molecule has 0 amide bonds. The molecular weight excluding hydrogens is 332 g/mol. The second-order valence-corrected chi connectivity index (χ2v) is 10.9. The summed E-state index contributed by atoms with van der Waals surface area (Å²) in [5.74, 6) is 1.08. The van der Waals surface area contributed by atoms with Gasteiger partial charge in [-0.1, -0.05) is 19.1 Å². The maximum Gasteiger partial charge on any atom is 0.150 e. The van der Waals surface area contributed by atoms with E-state index in [0.29, 0.717) is 23.5 Å². The topological polar surface area (TPSA) is 49.4 Å². The lowest BCUT2D eigenvalue weighted by atomic mass is 9.77. The smallest absolute Gasteiger partial charge is 0.150 e. The molecule has 0 aromatic heterocycles. The van der Waals surface area contributed by atoms with Gasteiger partial charge in [0.2, 0.25) is 0 Å². The van der Waals surface area contributed by atoms with Crippen LogP contribution in [0.15, 0.2) is 18.2 Å². The van der Waals surface area contributed by atoms with Crippen LogP contribution in [0.4, 0.5) is 5.69 Å². The molecule has 0 radical (unpaired) electrons. The van der Waals surface area contributed by atoms with Crippen LogP contribution in [0, 0.1) is 0 Å². The molecule has 5 heteroatoms. The Kier molecular flexibility index (Phi) is 4.35. The van der Waals surface area contributed by atoms with Crippen molar-refractivity contribution in [3.05, 3.63) is 29.3 Å². The molecule has 0 aliphatic carbocycles. The van der Waals surface area contributed by atoms with Gasteiger partial charge in [0, 0.05) is 25.1 Å². The van der Waals surface area contributed by atoms with E-state index in [1.54, 1.807) is 0 Å². The Morgan fingerprint density at radius 3 is 2.72 bits per heavy atom. The minimum Gasteiger partial charge on any atom is -0.384 e. The Morgan fingerprint density at radius 2 is 2.04 bits per heavy atom. The maximum absolute atomic E-state index is 11.7. The molecule has 2 saturated heterocycles. The van der Waals surface area contributed by atoms with Crippen molar-refractivity contribution in [1.29, 1.82) is 0 Å². The van der Waals surface area contributed by atoms with Crippen LogP contribution in [0.25, 0.3) is 0 Å². The molecule has 1 aromatic rings. The van der Waals surface area contributed by atoms with Crippen LogP contribution in [0.5, 0.6) is 0 Å². The van der Waals surface area contributed by atoms with Gasteiger partial charge in [0.05, 0.1) is 11.5 Å². The fraction of sp³-hybridized carbons (Fsp3) is 0.700. The van der Waals surface area contributed by atoms with Gasteiger partial charge in [-0.3, -0.25) is 0 Å². The summed E-state index contributed by atoms with van der Waals surface area (Å²) in [5, 5.41) is 3.61. The summed E-state index contributed by atoms with van der Waals surface area (Å²) in [5.41, 5.74) is 4.23. The van der Waals surface area contributed by atoms with Crippen molar-refractivity contribution >= 4 is 15.5 Å². The lowest BCUT2D eigenvalue weighted by molar-refractivity contribution is 0.254. The second kappa shape index (κ2) is 6.27. The summed E-state index contributed by atoms with van der Waals surface area (Å²) in [7, 11) is -0.545. The van der Waals surface area contributed by atoms with Crippen LogP contribution in [-0.4, -0.2) is 51.0 Å². The molecule has 25 heavy (non-hydrogen) atoms. The van der Waals surface area contributed by atoms with E-state index in [1.807, 2.05) is 0 Å². The first-order valence-electron chi connectivity index (χ1n) is 9.65. The second-order valence-electron chi connectivity index (χ2n) is 8.63. The van der Waals surface area contributed by atoms with E-state index in [1.165, 1.54) is 42.6 Å². The van der Waals surface area contributed by atoms with Gasteiger partial charge in [0.15, 0.2) is 0 Å². The molecular formula is C20H32N2O2S. The molecule has 140 valence electrons. The first-order valence-corrected chi connectivity index (χ1v) is 11.5. The molecule has 0 bridgehead atoms. The van der Waals surface area contributed by atoms with Crippen molar-refractivity contribution in [1.82, 2.24) is 4.90 Å². The maximum atomic E-state index is 11.7. The van der Waals surface area contributed by atoms with E-state index in [4.69, 9.17) is 0 Å². The van der Waals surface area contributed by atoms with Crippen LogP contribution in [0.1, 0.15) is 57.5 Å². The zero-order chi connectivity index (χ0) is 17.7. The molecule has 4 nitrogen and oxygen atoms in total. The molecule has 2 atom stereocenters. The predicted octanol–water partition coefficient (Wildman–Crippen LogP) is 3.39. The zero-order valence-electron chi connectivity index (χ0n) is 15.4. The largest absolute Gasteiger partial charge is 0.384 e. The first-order chi connectivity index (χ1) is 11.9. The van der Waals surface area contributed by atoms with Crippen molar-refractivity contribution in [3.8, 4) is 0 Å². The van der Waals surface area contributed by atoms with Crippen molar-refractivity contribution in [3.63, 3.8) is 0 Å². The Labute approximate surface area is 153 Å². The summed E-state index contributed by atoms with van der Waals surface area (Å²) in [6, 6.07) is 7.49. The van der Waals surface area contributed by atoms with Gasteiger partial charge in [-0.05, 0) is 68.8 Å². The quantitative estimate of drug-likeness (QED) is 0.893. The first kappa shape index (κ1) is 17.3. The monoisotopic (exact) mass is 364 g/mol. The number of nitrogens with zero attached hydrogens (tertiary/aromatic N) is 1. The van der Waals surface area contributed by atoms with E-state index >= 15 is 0 Å². The van der Waals surface area contributed by atoms with Crippen LogP contribution in [-0.2, 0) is 15.3 Å². The highest BCUT2D eigenvalue weighted by molar-refractivity contribution is 7.91. The van der Waals surface area contributed by atoms with Gasteiger partial charge in [0.25, 0.3) is 0 Å². The third-order valence-corrected chi connectivity index (χ3v) is 8.46. The Bertz CT molecular complexity index is 753. The molecule has 0 spiro atoms. The summed E-state index contributed by atoms with van der Waals surface area (Å²) >= 11 is 0. The van der Waals surface area contributed by atoms with E-state index < -0.39 is 9.84 Å². The summed E-state index contributed by atoms with van der Waals surface area (Å²) in [4.78, 5) is 2.51. The zero-order valence-corrected chi connectivity index (χ0v) is 16.2. The van der Waals surface area contributed by atoms with Gasteiger partial charge in [0.1, 0.15) is 9.84 Å². The Morgan fingerprint density at radius 1 is 1.28 bits per heavy atom. The number of hydrogen-bond acceptors (Lipinski definition) is 4. The number of anilines is 1.